The molecule has 0 aliphatic carbocycles. The van der Waals surface area contributed by atoms with Crippen molar-refractivity contribution < 1.29 is 24.2 Å². The van der Waals surface area contributed by atoms with E-state index in [-0.39, 0.29) is 12.5 Å². The molecule has 0 aliphatic heterocycles. The SMILES string of the molecule is CCOc1cc(C(Nc2ccc3c(N)nccc3c2)C(=O)NC(CC(=O)O)c2ccccc2)ccc1OC(C)C. The Bertz CT molecular complexity index is 1480. The number of nitrogens with one attached hydrogen (secondary N) is 2. The van der Waals surface area contributed by atoms with Crippen LogP contribution in [0.15, 0.2) is 79.0 Å². The van der Waals surface area contributed by atoms with Crippen LogP contribution in [0, 0.1) is 0 Å². The number of pyridine rings is 1. The largest absolute Gasteiger partial charge is 0.490 e. The zero-order valence-corrected chi connectivity index (χ0v) is 22.8. The summed E-state index contributed by atoms with van der Waals surface area (Å²) >= 11 is 0. The summed E-state index contributed by atoms with van der Waals surface area (Å²) in [5, 5.41) is 17.5. The molecule has 40 heavy (non-hydrogen) atoms. The quantitative estimate of drug-likeness (QED) is 0.185. The number of hydrogen-bond acceptors (Lipinski definition) is 7. The number of anilines is 2. The smallest absolute Gasteiger partial charge is 0.305 e. The predicted molar refractivity (Wildman–Crippen MR) is 155 cm³/mol. The Balaban J connectivity index is 1.73. The number of ether oxygens (including phenoxy) is 2. The first-order valence-corrected chi connectivity index (χ1v) is 13.2. The summed E-state index contributed by atoms with van der Waals surface area (Å²) in [6, 6.07) is 20.2. The molecule has 4 aromatic rings. The fraction of sp³-hybridized carbons (Fsp3) is 0.258. The van der Waals surface area contributed by atoms with Crippen LogP contribution in [0.4, 0.5) is 11.5 Å². The summed E-state index contributed by atoms with van der Waals surface area (Å²) < 4.78 is 11.8. The number of carbonyl (C=O) groups excluding carboxylic acids is 1. The molecular weight excluding hydrogens is 508 g/mol. The Morgan fingerprint density at radius 2 is 1.75 bits per heavy atom. The first-order valence-electron chi connectivity index (χ1n) is 13.2. The van der Waals surface area contributed by atoms with E-state index in [4.69, 9.17) is 15.2 Å². The van der Waals surface area contributed by atoms with Crippen molar-refractivity contribution in [2.45, 2.75) is 45.4 Å². The molecule has 1 heterocycles. The number of hydrogen-bond donors (Lipinski definition) is 4. The van der Waals surface area contributed by atoms with Crippen molar-refractivity contribution in [1.29, 1.82) is 0 Å². The molecule has 0 saturated heterocycles. The number of nitrogens with two attached hydrogens (primary N) is 1. The molecule has 208 valence electrons. The van der Waals surface area contributed by atoms with Gasteiger partial charge in [-0.2, -0.15) is 0 Å². The molecule has 2 atom stereocenters. The third kappa shape index (κ3) is 6.99. The van der Waals surface area contributed by atoms with Gasteiger partial charge in [0.25, 0.3) is 0 Å². The zero-order chi connectivity index (χ0) is 28.6. The fourth-order valence-electron chi connectivity index (χ4n) is 4.45. The molecule has 0 fully saturated rings. The Kier molecular flexibility index (Phi) is 9.06. The van der Waals surface area contributed by atoms with Gasteiger partial charge in [0.2, 0.25) is 5.91 Å². The van der Waals surface area contributed by atoms with Crippen LogP contribution in [0.5, 0.6) is 11.5 Å². The summed E-state index contributed by atoms with van der Waals surface area (Å²) in [7, 11) is 0. The Morgan fingerprint density at radius 1 is 0.975 bits per heavy atom. The monoisotopic (exact) mass is 542 g/mol. The average Bonchev–Trinajstić information content (AvgIpc) is 2.92. The minimum absolute atomic E-state index is 0.0653. The number of amides is 1. The molecule has 0 radical (unpaired) electrons. The molecule has 1 aromatic heterocycles. The van der Waals surface area contributed by atoms with Gasteiger partial charge >= 0.3 is 5.97 Å². The number of aliphatic carboxylic acids is 1. The highest BCUT2D eigenvalue weighted by molar-refractivity contribution is 5.94. The summed E-state index contributed by atoms with van der Waals surface area (Å²) in [4.78, 5) is 29.7. The Labute approximate surface area is 233 Å². The van der Waals surface area contributed by atoms with Crippen LogP contribution >= 0.6 is 0 Å². The van der Waals surface area contributed by atoms with Crippen molar-refractivity contribution in [2.24, 2.45) is 0 Å². The fourth-order valence-corrected chi connectivity index (χ4v) is 4.45. The lowest BCUT2D eigenvalue weighted by Gasteiger charge is -2.25. The van der Waals surface area contributed by atoms with Crippen molar-refractivity contribution in [3.63, 3.8) is 0 Å². The first kappa shape index (κ1) is 28.2. The van der Waals surface area contributed by atoms with E-state index in [2.05, 4.69) is 15.6 Å². The van der Waals surface area contributed by atoms with Crippen molar-refractivity contribution in [3.05, 3.63) is 90.1 Å². The van der Waals surface area contributed by atoms with Crippen LogP contribution in [0.3, 0.4) is 0 Å². The summed E-state index contributed by atoms with van der Waals surface area (Å²) in [5.41, 5.74) is 8.01. The van der Waals surface area contributed by atoms with Crippen LogP contribution in [-0.2, 0) is 9.59 Å². The van der Waals surface area contributed by atoms with E-state index in [9.17, 15) is 14.7 Å². The van der Waals surface area contributed by atoms with Gasteiger partial charge in [-0.25, -0.2) is 4.98 Å². The minimum atomic E-state index is -1.02. The number of fused-ring (bicyclic) bond motifs is 1. The molecule has 4 rings (SSSR count). The lowest BCUT2D eigenvalue weighted by atomic mass is 10.0. The van der Waals surface area contributed by atoms with Gasteiger partial charge in [0.15, 0.2) is 11.5 Å². The molecule has 0 saturated carbocycles. The molecule has 9 heteroatoms. The van der Waals surface area contributed by atoms with E-state index >= 15 is 0 Å². The normalized spacial score (nSPS) is 12.5. The highest BCUT2D eigenvalue weighted by atomic mass is 16.5. The van der Waals surface area contributed by atoms with Crippen LogP contribution in [-0.4, -0.2) is 34.7 Å². The van der Waals surface area contributed by atoms with E-state index in [0.29, 0.717) is 40.7 Å². The predicted octanol–water partition coefficient (Wildman–Crippen LogP) is 5.49. The summed E-state index contributed by atoms with van der Waals surface area (Å²) in [6.07, 6.45) is 1.30. The maximum atomic E-state index is 13.9. The molecule has 0 aliphatic rings. The van der Waals surface area contributed by atoms with E-state index < -0.39 is 24.0 Å². The summed E-state index contributed by atoms with van der Waals surface area (Å²) in [6.45, 7) is 6.14. The molecule has 0 spiro atoms. The Morgan fingerprint density at radius 3 is 2.45 bits per heavy atom. The third-order valence-electron chi connectivity index (χ3n) is 6.23. The zero-order valence-electron chi connectivity index (χ0n) is 22.8. The van der Waals surface area contributed by atoms with Crippen molar-refractivity contribution >= 4 is 34.2 Å². The molecule has 3 aromatic carbocycles. The second-order valence-electron chi connectivity index (χ2n) is 9.58. The lowest BCUT2D eigenvalue weighted by molar-refractivity contribution is -0.137. The van der Waals surface area contributed by atoms with E-state index in [1.54, 1.807) is 36.5 Å². The lowest BCUT2D eigenvalue weighted by Crippen LogP contribution is -2.37. The number of aromatic nitrogens is 1. The number of nitrogens with zero attached hydrogens (tertiary/aromatic N) is 1. The topological polar surface area (TPSA) is 136 Å². The highest BCUT2D eigenvalue weighted by Gasteiger charge is 2.27. The number of carboxylic acids is 1. The molecule has 9 nitrogen and oxygen atoms in total. The van der Waals surface area contributed by atoms with Gasteiger partial charge in [0.1, 0.15) is 11.9 Å². The van der Waals surface area contributed by atoms with Gasteiger partial charge < -0.3 is 30.9 Å². The van der Waals surface area contributed by atoms with E-state index in [0.717, 1.165) is 10.8 Å². The highest BCUT2D eigenvalue weighted by Crippen LogP contribution is 2.34. The molecule has 0 bridgehead atoms. The van der Waals surface area contributed by atoms with Crippen LogP contribution in [0.2, 0.25) is 0 Å². The van der Waals surface area contributed by atoms with Crippen LogP contribution < -0.4 is 25.8 Å². The maximum absolute atomic E-state index is 13.9. The number of carboxylic acid groups (broad SMARTS) is 1. The van der Waals surface area contributed by atoms with Gasteiger partial charge in [-0.15, -0.1) is 0 Å². The number of rotatable bonds is 12. The van der Waals surface area contributed by atoms with Gasteiger partial charge in [-0.1, -0.05) is 36.4 Å². The summed E-state index contributed by atoms with van der Waals surface area (Å²) in [5.74, 6) is 0.0784. The van der Waals surface area contributed by atoms with E-state index in [1.165, 1.54) is 0 Å². The van der Waals surface area contributed by atoms with Crippen LogP contribution in [0.1, 0.15) is 50.4 Å². The number of nitrogen functional groups attached to an aromatic ring is 1. The molecule has 2 unspecified atom stereocenters. The third-order valence-corrected chi connectivity index (χ3v) is 6.23. The number of carbonyl (C=O) groups is 2. The minimum Gasteiger partial charge on any atom is -0.490 e. The molecular formula is C31H34N4O5. The Hall–Kier alpha value is -4.79. The van der Waals surface area contributed by atoms with Crippen molar-refractivity contribution in [3.8, 4) is 11.5 Å². The molecule has 5 N–H and O–H groups in total. The maximum Gasteiger partial charge on any atom is 0.305 e. The second kappa shape index (κ2) is 12.8. The van der Waals surface area contributed by atoms with Gasteiger partial charge in [0, 0.05) is 17.3 Å². The van der Waals surface area contributed by atoms with Gasteiger partial charge in [0.05, 0.1) is 25.2 Å². The van der Waals surface area contributed by atoms with Crippen molar-refractivity contribution in [1.82, 2.24) is 10.3 Å². The van der Waals surface area contributed by atoms with Gasteiger partial charge in [-0.3, -0.25) is 9.59 Å². The standard InChI is InChI=1S/C31H34N4O5/c1-4-39-27-17-22(10-13-26(27)40-19(2)3)29(34-23-11-12-24-21(16-23)14-15-33-30(24)32)31(38)35-25(18-28(36)37)20-8-6-5-7-9-20/h5-17,19,25,29,34H,4,18H2,1-3H3,(H2,32,33)(H,35,38)(H,36,37). The number of benzene rings is 3. The van der Waals surface area contributed by atoms with Crippen molar-refractivity contribution in [2.75, 3.05) is 17.7 Å². The van der Waals surface area contributed by atoms with Gasteiger partial charge in [-0.05, 0) is 73.7 Å². The first-order chi connectivity index (χ1) is 19.2. The molecule has 1 amide bonds. The van der Waals surface area contributed by atoms with E-state index in [1.807, 2.05) is 63.2 Å². The van der Waals surface area contributed by atoms with Crippen LogP contribution in [0.25, 0.3) is 10.8 Å². The second-order valence-corrected chi connectivity index (χ2v) is 9.58. The average molecular weight is 543 g/mol.